The summed E-state index contributed by atoms with van der Waals surface area (Å²) in [5.74, 6) is 0.0885. The summed E-state index contributed by atoms with van der Waals surface area (Å²) in [5.41, 5.74) is 2.29. The molecule has 1 aliphatic rings. The van der Waals surface area contributed by atoms with Crippen molar-refractivity contribution in [3.05, 3.63) is 109 Å². The molecule has 0 aliphatic carbocycles. The summed E-state index contributed by atoms with van der Waals surface area (Å²) in [5, 5.41) is 2.16. The highest BCUT2D eigenvalue weighted by Crippen LogP contribution is 2.35. The molecule has 0 fully saturated rings. The number of carbonyl (C=O) groups excluding carboxylic acids is 1. The number of hydrogen-bond acceptors (Lipinski definition) is 6. The Bertz CT molecular complexity index is 1660. The third kappa shape index (κ3) is 3.98. The summed E-state index contributed by atoms with van der Waals surface area (Å²) in [6, 6.07) is 20.8. The number of fused-ring (bicyclic) bond motifs is 2. The number of esters is 1. The zero-order chi connectivity index (χ0) is 24.5. The molecule has 7 heteroatoms. The van der Waals surface area contributed by atoms with Gasteiger partial charge in [0.05, 0.1) is 29.5 Å². The molecule has 0 unspecified atom stereocenters. The summed E-state index contributed by atoms with van der Waals surface area (Å²) < 4.78 is 13.1. The van der Waals surface area contributed by atoms with Crippen LogP contribution in [0.1, 0.15) is 31.0 Å². The van der Waals surface area contributed by atoms with Crippen LogP contribution in [0.3, 0.4) is 0 Å². The van der Waals surface area contributed by atoms with Crippen LogP contribution in [0.5, 0.6) is 5.75 Å². The molecule has 0 saturated heterocycles. The van der Waals surface area contributed by atoms with Crippen molar-refractivity contribution in [1.82, 2.24) is 4.57 Å². The van der Waals surface area contributed by atoms with Crippen LogP contribution in [0.2, 0.25) is 0 Å². The van der Waals surface area contributed by atoms with E-state index in [1.165, 1.54) is 11.3 Å². The van der Waals surface area contributed by atoms with Crippen LogP contribution in [-0.2, 0) is 9.53 Å². The largest absolute Gasteiger partial charge is 0.496 e. The van der Waals surface area contributed by atoms with E-state index in [1.54, 1.807) is 25.5 Å². The molecular formula is C28H24N2O4S. The Labute approximate surface area is 206 Å². The number of nitrogens with zero attached hydrogens (tertiary/aromatic N) is 2. The van der Waals surface area contributed by atoms with Gasteiger partial charge in [-0.2, -0.15) is 0 Å². The maximum absolute atomic E-state index is 13.8. The van der Waals surface area contributed by atoms with Crippen molar-refractivity contribution in [1.29, 1.82) is 0 Å². The first kappa shape index (κ1) is 22.8. The van der Waals surface area contributed by atoms with Crippen molar-refractivity contribution in [3.8, 4) is 5.75 Å². The van der Waals surface area contributed by atoms with E-state index in [0.29, 0.717) is 31.9 Å². The first-order valence-electron chi connectivity index (χ1n) is 11.3. The van der Waals surface area contributed by atoms with Crippen molar-refractivity contribution in [2.75, 3.05) is 13.7 Å². The molecule has 4 aromatic rings. The quantitative estimate of drug-likeness (QED) is 0.402. The second-order valence-electron chi connectivity index (χ2n) is 8.11. The van der Waals surface area contributed by atoms with Crippen LogP contribution in [0, 0.1) is 0 Å². The lowest BCUT2D eigenvalue weighted by Crippen LogP contribution is -2.40. The first-order chi connectivity index (χ1) is 17.0. The lowest BCUT2D eigenvalue weighted by Gasteiger charge is -2.25. The average Bonchev–Trinajstić information content (AvgIpc) is 3.17. The van der Waals surface area contributed by atoms with E-state index in [1.807, 2.05) is 72.8 Å². The molecule has 6 nitrogen and oxygen atoms in total. The average molecular weight is 485 g/mol. The van der Waals surface area contributed by atoms with Crippen LogP contribution in [0.4, 0.5) is 0 Å². The summed E-state index contributed by atoms with van der Waals surface area (Å²) in [6.45, 7) is 3.75. The standard InChI is InChI=1S/C28H24N2O4S/c1-4-34-27(32)24-17(2)29-28-30(25(24)21-14-7-8-15-22(21)33-3)26(31)23(35-28)16-19-12-9-11-18-10-5-6-13-20(18)19/h5-16,25H,4H2,1-3H3/b23-16-/t25-/m0/s1. The maximum atomic E-state index is 13.8. The molecule has 3 aromatic carbocycles. The van der Waals surface area contributed by atoms with Crippen LogP contribution >= 0.6 is 11.3 Å². The van der Waals surface area contributed by atoms with Crippen LogP contribution in [0.15, 0.2) is 87.8 Å². The third-order valence-electron chi connectivity index (χ3n) is 6.06. The Hall–Kier alpha value is -3.97. The van der Waals surface area contributed by atoms with Gasteiger partial charge in [-0.15, -0.1) is 0 Å². The normalized spacial score (nSPS) is 15.6. The number of para-hydroxylation sites is 1. The fourth-order valence-corrected chi connectivity index (χ4v) is 5.53. The number of carbonyl (C=O) groups is 1. The molecule has 1 aromatic heterocycles. The summed E-state index contributed by atoms with van der Waals surface area (Å²) in [6.07, 6.45) is 1.90. The van der Waals surface area contributed by atoms with Crippen LogP contribution in [-0.4, -0.2) is 24.3 Å². The van der Waals surface area contributed by atoms with Crippen molar-refractivity contribution in [2.24, 2.45) is 4.99 Å². The smallest absolute Gasteiger partial charge is 0.338 e. The molecular weight excluding hydrogens is 460 g/mol. The topological polar surface area (TPSA) is 69.9 Å². The molecule has 1 atom stereocenters. The van der Waals surface area contributed by atoms with Crippen molar-refractivity contribution < 1.29 is 14.3 Å². The number of methoxy groups -OCH3 is 1. The number of ether oxygens (including phenoxy) is 2. The Morgan fingerprint density at radius 2 is 1.83 bits per heavy atom. The van der Waals surface area contributed by atoms with E-state index in [4.69, 9.17) is 9.47 Å². The SMILES string of the molecule is CCOC(=O)C1=C(C)N=c2s/c(=C\c3cccc4ccccc34)c(=O)n2[C@H]1c1ccccc1OC. The Morgan fingerprint density at radius 1 is 1.09 bits per heavy atom. The minimum atomic E-state index is -0.712. The van der Waals surface area contributed by atoms with Crippen molar-refractivity contribution in [2.45, 2.75) is 19.9 Å². The Balaban J connectivity index is 1.78. The monoisotopic (exact) mass is 484 g/mol. The zero-order valence-corrected chi connectivity index (χ0v) is 20.5. The summed E-state index contributed by atoms with van der Waals surface area (Å²) in [4.78, 5) is 32.1. The first-order valence-corrected chi connectivity index (χ1v) is 12.2. The fraction of sp³-hybridized carbons (Fsp3) is 0.179. The molecule has 2 heterocycles. The predicted molar refractivity (Wildman–Crippen MR) is 137 cm³/mol. The van der Waals surface area contributed by atoms with Gasteiger partial charge >= 0.3 is 5.97 Å². The number of benzene rings is 3. The molecule has 0 bridgehead atoms. The molecule has 176 valence electrons. The highest BCUT2D eigenvalue weighted by atomic mass is 32.1. The number of thiazole rings is 1. The van der Waals surface area contributed by atoms with Crippen molar-refractivity contribution >= 4 is 34.2 Å². The van der Waals surface area contributed by atoms with Gasteiger partial charge < -0.3 is 9.47 Å². The van der Waals surface area contributed by atoms with E-state index in [9.17, 15) is 9.59 Å². The molecule has 5 rings (SSSR count). The van der Waals surface area contributed by atoms with E-state index in [-0.39, 0.29) is 12.2 Å². The van der Waals surface area contributed by atoms with Crippen molar-refractivity contribution in [3.63, 3.8) is 0 Å². The lowest BCUT2D eigenvalue weighted by atomic mass is 9.95. The minimum Gasteiger partial charge on any atom is -0.496 e. The van der Waals surface area contributed by atoms with Gasteiger partial charge in [0.1, 0.15) is 11.8 Å². The van der Waals surface area contributed by atoms with Gasteiger partial charge in [-0.1, -0.05) is 72.0 Å². The number of hydrogen-bond donors (Lipinski definition) is 0. The van der Waals surface area contributed by atoms with E-state index in [0.717, 1.165) is 16.3 Å². The second-order valence-corrected chi connectivity index (χ2v) is 9.12. The zero-order valence-electron chi connectivity index (χ0n) is 19.6. The molecule has 0 spiro atoms. The molecule has 0 N–H and O–H groups in total. The number of rotatable bonds is 5. The highest BCUT2D eigenvalue weighted by molar-refractivity contribution is 7.07. The van der Waals surface area contributed by atoms with Gasteiger partial charge in [-0.3, -0.25) is 9.36 Å². The summed E-state index contributed by atoms with van der Waals surface area (Å²) in [7, 11) is 1.57. The van der Waals surface area contributed by atoms with Crippen LogP contribution in [0.25, 0.3) is 16.8 Å². The highest BCUT2D eigenvalue weighted by Gasteiger charge is 2.34. The molecule has 0 amide bonds. The van der Waals surface area contributed by atoms with Crippen LogP contribution < -0.4 is 19.6 Å². The van der Waals surface area contributed by atoms with Gasteiger partial charge in [-0.25, -0.2) is 9.79 Å². The number of allylic oxidation sites excluding steroid dienone is 1. The van der Waals surface area contributed by atoms with E-state index >= 15 is 0 Å². The van der Waals surface area contributed by atoms with E-state index in [2.05, 4.69) is 4.99 Å². The summed E-state index contributed by atoms with van der Waals surface area (Å²) >= 11 is 1.31. The molecule has 0 saturated carbocycles. The third-order valence-corrected chi connectivity index (χ3v) is 7.04. The maximum Gasteiger partial charge on any atom is 0.338 e. The second kappa shape index (κ2) is 9.35. The van der Waals surface area contributed by atoms with Gasteiger partial charge in [0.25, 0.3) is 5.56 Å². The minimum absolute atomic E-state index is 0.216. The van der Waals surface area contributed by atoms with Gasteiger partial charge in [0.2, 0.25) is 0 Å². The van der Waals surface area contributed by atoms with Gasteiger partial charge in [-0.05, 0) is 42.3 Å². The van der Waals surface area contributed by atoms with Gasteiger partial charge in [0.15, 0.2) is 4.80 Å². The molecule has 35 heavy (non-hydrogen) atoms. The lowest BCUT2D eigenvalue weighted by molar-refractivity contribution is -0.139. The predicted octanol–water partition coefficient (Wildman–Crippen LogP) is 3.96. The molecule has 1 aliphatic heterocycles. The molecule has 0 radical (unpaired) electrons. The Kier molecular flexibility index (Phi) is 6.09. The van der Waals surface area contributed by atoms with Gasteiger partial charge in [0, 0.05) is 5.56 Å². The number of aromatic nitrogens is 1. The van der Waals surface area contributed by atoms with E-state index < -0.39 is 12.0 Å². The Morgan fingerprint density at radius 3 is 2.63 bits per heavy atom. The fourth-order valence-electron chi connectivity index (χ4n) is 4.50.